The third-order valence-electron chi connectivity index (χ3n) is 5.47. The molecular formula is C24H28N6OS. The Kier molecular flexibility index (Phi) is 7.21. The lowest BCUT2D eigenvalue weighted by Crippen LogP contribution is -2.40. The molecule has 1 fully saturated rings. The van der Waals surface area contributed by atoms with Crippen LogP contribution in [0.3, 0.4) is 0 Å². The van der Waals surface area contributed by atoms with Crippen LogP contribution in [0.15, 0.2) is 70.8 Å². The van der Waals surface area contributed by atoms with Crippen LogP contribution in [-0.4, -0.2) is 47.0 Å². The molecule has 8 heteroatoms. The van der Waals surface area contributed by atoms with Gasteiger partial charge in [-0.3, -0.25) is 4.79 Å². The van der Waals surface area contributed by atoms with Gasteiger partial charge in [-0.15, -0.1) is 0 Å². The van der Waals surface area contributed by atoms with Crippen LogP contribution in [0.4, 0.5) is 11.8 Å². The molecule has 0 aliphatic heterocycles. The van der Waals surface area contributed by atoms with E-state index < -0.39 is 0 Å². The third-order valence-corrected chi connectivity index (χ3v) is 6.49. The predicted molar refractivity (Wildman–Crippen MR) is 128 cm³/mol. The minimum absolute atomic E-state index is 0.0602. The summed E-state index contributed by atoms with van der Waals surface area (Å²) in [5, 5.41) is 7.38. The summed E-state index contributed by atoms with van der Waals surface area (Å²) in [6.07, 6.45) is 7.25. The highest BCUT2D eigenvalue weighted by Gasteiger charge is 2.24. The maximum atomic E-state index is 13.0. The smallest absolute Gasteiger partial charge is 0.254 e. The van der Waals surface area contributed by atoms with Gasteiger partial charge in [-0.25, -0.2) is 9.97 Å². The van der Waals surface area contributed by atoms with E-state index in [4.69, 9.17) is 0 Å². The highest BCUT2D eigenvalue weighted by molar-refractivity contribution is 7.99. The topological polar surface area (TPSA) is 83.0 Å². The lowest BCUT2D eigenvalue weighted by molar-refractivity contribution is 0.0923. The van der Waals surface area contributed by atoms with E-state index in [-0.39, 0.29) is 11.9 Å². The second-order valence-corrected chi connectivity index (χ2v) is 9.13. The van der Waals surface area contributed by atoms with Gasteiger partial charge < -0.3 is 15.5 Å². The average Bonchev–Trinajstić information content (AvgIpc) is 2.81. The molecule has 0 atom stereocenters. The van der Waals surface area contributed by atoms with E-state index in [1.54, 1.807) is 12.4 Å². The van der Waals surface area contributed by atoms with Gasteiger partial charge in [-0.1, -0.05) is 30.0 Å². The Bertz CT molecular complexity index is 1040. The van der Waals surface area contributed by atoms with E-state index >= 15 is 0 Å². The molecule has 1 amide bonds. The molecule has 2 aromatic heterocycles. The molecule has 2 N–H and O–H groups in total. The summed E-state index contributed by atoms with van der Waals surface area (Å²) in [6, 6.07) is 16.0. The van der Waals surface area contributed by atoms with Gasteiger partial charge >= 0.3 is 0 Å². The molecule has 0 spiro atoms. The summed E-state index contributed by atoms with van der Waals surface area (Å²) in [7, 11) is 3.93. The van der Waals surface area contributed by atoms with Crippen LogP contribution in [0.25, 0.3) is 0 Å². The predicted octanol–water partition coefficient (Wildman–Crippen LogP) is 4.24. The van der Waals surface area contributed by atoms with Gasteiger partial charge in [0.2, 0.25) is 5.95 Å². The van der Waals surface area contributed by atoms with Crippen molar-refractivity contribution in [3.05, 3.63) is 66.5 Å². The van der Waals surface area contributed by atoms with Gasteiger partial charge in [0.1, 0.15) is 10.8 Å². The normalized spacial score (nSPS) is 18.1. The number of hydrogen-bond donors (Lipinski definition) is 2. The molecule has 1 aromatic carbocycles. The first-order valence-electron chi connectivity index (χ1n) is 10.8. The Labute approximate surface area is 193 Å². The van der Waals surface area contributed by atoms with Crippen molar-refractivity contribution in [2.24, 2.45) is 0 Å². The fourth-order valence-electron chi connectivity index (χ4n) is 3.74. The summed E-state index contributed by atoms with van der Waals surface area (Å²) < 4.78 is 0. The van der Waals surface area contributed by atoms with Crippen LogP contribution >= 0.6 is 11.8 Å². The fourth-order valence-corrected chi connectivity index (χ4v) is 4.64. The van der Waals surface area contributed by atoms with Crippen LogP contribution in [-0.2, 0) is 0 Å². The lowest BCUT2D eigenvalue weighted by Gasteiger charge is -2.30. The average molecular weight is 449 g/mol. The molecule has 7 nitrogen and oxygen atoms in total. The van der Waals surface area contributed by atoms with E-state index in [2.05, 4.69) is 25.6 Å². The second-order valence-electron chi connectivity index (χ2n) is 8.07. The number of amides is 1. The molecule has 1 aliphatic rings. The van der Waals surface area contributed by atoms with Crippen LogP contribution in [0, 0.1) is 0 Å². The number of rotatable bonds is 7. The Morgan fingerprint density at radius 3 is 2.44 bits per heavy atom. The summed E-state index contributed by atoms with van der Waals surface area (Å²) >= 11 is 1.51. The highest BCUT2D eigenvalue weighted by Crippen LogP contribution is 2.29. The van der Waals surface area contributed by atoms with Crippen LogP contribution < -0.4 is 15.5 Å². The highest BCUT2D eigenvalue weighted by atomic mass is 32.2. The molecule has 166 valence electrons. The van der Waals surface area contributed by atoms with Crippen LogP contribution in [0.5, 0.6) is 0 Å². The van der Waals surface area contributed by atoms with Gasteiger partial charge in [-0.2, -0.15) is 4.98 Å². The van der Waals surface area contributed by atoms with Crippen molar-refractivity contribution >= 4 is 29.4 Å². The van der Waals surface area contributed by atoms with Crippen molar-refractivity contribution in [2.45, 2.75) is 47.7 Å². The van der Waals surface area contributed by atoms with Crippen LogP contribution in [0.1, 0.15) is 36.0 Å². The van der Waals surface area contributed by atoms with E-state index in [0.29, 0.717) is 17.6 Å². The first kappa shape index (κ1) is 22.1. The fraction of sp³-hybridized carbons (Fsp3) is 0.333. The molecule has 2 heterocycles. The third kappa shape index (κ3) is 5.76. The van der Waals surface area contributed by atoms with Crippen molar-refractivity contribution in [2.75, 3.05) is 24.3 Å². The molecule has 3 aromatic rings. The summed E-state index contributed by atoms with van der Waals surface area (Å²) in [5.74, 6) is 1.47. The number of benzene rings is 1. The number of nitrogens with zero attached hydrogens (tertiary/aromatic N) is 4. The van der Waals surface area contributed by atoms with Crippen molar-refractivity contribution in [1.82, 2.24) is 20.3 Å². The van der Waals surface area contributed by atoms with Crippen molar-refractivity contribution in [3.8, 4) is 0 Å². The number of pyridine rings is 1. The number of anilines is 2. The van der Waals surface area contributed by atoms with E-state index in [1.807, 2.05) is 67.5 Å². The standard InChI is InChI=1S/C24H28N6OS/c1-30(2)21-14-16-26-24(29-21)28-18-12-10-17(11-13-18)27-22(31)20-9-6-15-25-23(20)32-19-7-4-3-5-8-19/h3-9,14-18H,10-13H2,1-2H3,(H,27,31)(H,26,28,29)/t17-,18+. The summed E-state index contributed by atoms with van der Waals surface area (Å²) in [5.41, 5.74) is 0.621. The molecule has 4 rings (SSSR count). The quantitative estimate of drug-likeness (QED) is 0.559. The number of nitrogens with one attached hydrogen (secondary N) is 2. The zero-order valence-corrected chi connectivity index (χ0v) is 19.2. The zero-order valence-electron chi connectivity index (χ0n) is 18.4. The number of carbonyl (C=O) groups excluding carboxylic acids is 1. The van der Waals surface area contributed by atoms with Gasteiger partial charge in [-0.05, 0) is 56.0 Å². The van der Waals surface area contributed by atoms with Crippen molar-refractivity contribution in [1.29, 1.82) is 0 Å². The molecular weight excluding hydrogens is 420 g/mol. The van der Waals surface area contributed by atoms with Gasteiger partial charge in [0.25, 0.3) is 5.91 Å². The Morgan fingerprint density at radius 1 is 0.938 bits per heavy atom. The Balaban J connectivity index is 1.32. The summed E-state index contributed by atoms with van der Waals surface area (Å²) in [6.45, 7) is 0. The van der Waals surface area contributed by atoms with Gasteiger partial charge in [0, 0.05) is 43.5 Å². The molecule has 1 aliphatic carbocycles. The Hall–Kier alpha value is -3.13. The maximum absolute atomic E-state index is 13.0. The lowest BCUT2D eigenvalue weighted by atomic mass is 9.91. The minimum Gasteiger partial charge on any atom is -0.363 e. The molecule has 0 unspecified atom stereocenters. The molecule has 1 saturated carbocycles. The number of carbonyl (C=O) groups is 1. The molecule has 0 radical (unpaired) electrons. The van der Waals surface area contributed by atoms with E-state index in [1.165, 1.54) is 11.8 Å². The van der Waals surface area contributed by atoms with E-state index in [0.717, 1.165) is 41.4 Å². The maximum Gasteiger partial charge on any atom is 0.254 e. The van der Waals surface area contributed by atoms with Crippen molar-refractivity contribution in [3.63, 3.8) is 0 Å². The monoisotopic (exact) mass is 448 g/mol. The first-order chi connectivity index (χ1) is 15.6. The first-order valence-corrected chi connectivity index (χ1v) is 11.7. The van der Waals surface area contributed by atoms with Gasteiger partial charge in [0.05, 0.1) is 5.56 Å². The zero-order chi connectivity index (χ0) is 22.3. The van der Waals surface area contributed by atoms with E-state index in [9.17, 15) is 4.79 Å². The van der Waals surface area contributed by atoms with Crippen LogP contribution in [0.2, 0.25) is 0 Å². The number of hydrogen-bond acceptors (Lipinski definition) is 7. The Morgan fingerprint density at radius 2 is 1.69 bits per heavy atom. The number of aromatic nitrogens is 3. The minimum atomic E-state index is -0.0602. The molecule has 0 saturated heterocycles. The van der Waals surface area contributed by atoms with Gasteiger partial charge in [0.15, 0.2) is 0 Å². The second kappa shape index (κ2) is 10.5. The largest absolute Gasteiger partial charge is 0.363 e. The molecule has 0 bridgehead atoms. The molecule has 32 heavy (non-hydrogen) atoms. The van der Waals surface area contributed by atoms with Crippen molar-refractivity contribution < 1.29 is 4.79 Å². The summed E-state index contributed by atoms with van der Waals surface area (Å²) in [4.78, 5) is 29.3. The SMILES string of the molecule is CN(C)c1ccnc(N[C@H]2CC[C@@H](NC(=O)c3cccnc3Sc3ccccc3)CC2)n1.